The fourth-order valence-electron chi connectivity index (χ4n) is 8.37. The zero-order valence-corrected chi connectivity index (χ0v) is 44.9. The number of hydrogen-bond acceptors (Lipinski definition) is 31. The third kappa shape index (κ3) is 22.3. The van der Waals surface area contributed by atoms with Crippen molar-refractivity contribution in [3.05, 3.63) is 29.8 Å². The molecule has 1 aromatic rings. The smallest absolute Gasteiger partial charge is 0.297 e. The highest BCUT2D eigenvalue weighted by Crippen LogP contribution is 2.25. The number of nitrogens with one attached hydrogen (secondary N) is 4. The summed E-state index contributed by atoms with van der Waals surface area (Å²) in [6.07, 6.45) is -28.8. The molecule has 458 valence electrons. The molecule has 24 N–H and O–H groups in total. The lowest BCUT2D eigenvalue weighted by Crippen LogP contribution is -2.61. The van der Waals surface area contributed by atoms with E-state index in [4.69, 9.17) is 34.6 Å². The molecule has 4 saturated heterocycles. The minimum absolute atomic E-state index is 0.0652. The van der Waals surface area contributed by atoms with E-state index in [9.17, 15) is 90.1 Å². The van der Waals surface area contributed by atoms with Crippen molar-refractivity contribution in [3.63, 3.8) is 0 Å². The van der Waals surface area contributed by atoms with E-state index in [0.717, 1.165) is 25.1 Å². The zero-order chi connectivity index (χ0) is 58.3. The highest BCUT2D eigenvalue weighted by molar-refractivity contribution is 7.86. The minimum atomic E-state index is -4.07. The van der Waals surface area contributed by atoms with E-state index >= 15 is 0 Å². The third-order valence-corrected chi connectivity index (χ3v) is 14.4. The van der Waals surface area contributed by atoms with Crippen molar-refractivity contribution in [1.82, 2.24) is 31.1 Å². The monoisotopic (exact) mass is 1150 g/mol. The molecule has 0 aliphatic carbocycles. The first-order chi connectivity index (χ1) is 36.9. The van der Waals surface area contributed by atoms with Gasteiger partial charge in [-0.05, 0) is 32.0 Å². The fraction of sp³-hybridized carbons (Fsp3) is 0.870. The Morgan fingerprint density at radius 2 is 0.821 bits per heavy atom. The van der Waals surface area contributed by atoms with Crippen molar-refractivity contribution < 1.29 is 113 Å². The summed E-state index contributed by atoms with van der Waals surface area (Å²) in [4.78, 5) is 3.84. The molecular formula is C46H90N8O23S. The lowest BCUT2D eigenvalue weighted by molar-refractivity contribution is -0.285. The van der Waals surface area contributed by atoms with E-state index in [1.54, 1.807) is 19.1 Å². The quantitative estimate of drug-likeness (QED) is 0.0274. The molecule has 4 aliphatic rings. The van der Waals surface area contributed by atoms with E-state index in [1.165, 1.54) is 12.1 Å². The Hall–Kier alpha value is -1.99. The summed E-state index contributed by atoms with van der Waals surface area (Å²) in [5.41, 5.74) is 11.2. The van der Waals surface area contributed by atoms with Crippen molar-refractivity contribution in [1.29, 1.82) is 0 Å². The largest absolute Gasteiger partial charge is 0.388 e. The van der Waals surface area contributed by atoms with Crippen molar-refractivity contribution in [2.24, 2.45) is 11.5 Å². The fourth-order valence-corrected chi connectivity index (χ4v) is 9.29. The summed E-state index contributed by atoms with van der Waals surface area (Å²) in [6, 6.07) is 5.95. The predicted molar refractivity (Wildman–Crippen MR) is 273 cm³/mol. The van der Waals surface area contributed by atoms with Crippen LogP contribution in [0.2, 0.25) is 0 Å². The maximum atomic E-state index is 12.0. The number of aryl methyl sites for hydroxylation is 1. The van der Waals surface area contributed by atoms with Crippen LogP contribution in [0.15, 0.2) is 29.2 Å². The molecule has 0 amide bonds. The third-order valence-electron chi connectivity index (χ3n) is 13.1. The van der Waals surface area contributed by atoms with Crippen LogP contribution in [0.5, 0.6) is 0 Å². The summed E-state index contributed by atoms with van der Waals surface area (Å²) in [6.45, 7) is 11.4. The number of nitrogens with two attached hydrogens (primary N) is 2. The highest BCUT2D eigenvalue weighted by atomic mass is 32.2. The van der Waals surface area contributed by atoms with Crippen LogP contribution in [0.4, 0.5) is 0 Å². The molecule has 4 aliphatic heterocycles. The topological polar surface area (TPSA) is 511 Å². The van der Waals surface area contributed by atoms with Gasteiger partial charge in [-0.15, -0.1) is 0 Å². The normalized spacial score (nSPS) is 35.5. The molecule has 78 heavy (non-hydrogen) atoms. The molecule has 32 heteroatoms. The number of rotatable bonds is 28. The van der Waals surface area contributed by atoms with Gasteiger partial charge in [0.05, 0.1) is 11.5 Å². The molecule has 0 radical (unpaired) electrons. The van der Waals surface area contributed by atoms with Crippen LogP contribution in [0, 0.1) is 6.92 Å². The molecule has 0 saturated carbocycles. The molecule has 31 nitrogen and oxygen atoms in total. The first-order valence-electron chi connectivity index (χ1n) is 26.0. The molecule has 0 unspecified atom stereocenters. The van der Waals surface area contributed by atoms with E-state index in [-0.39, 0.29) is 24.5 Å². The summed E-state index contributed by atoms with van der Waals surface area (Å²) < 4.78 is 49.5. The zero-order valence-electron chi connectivity index (χ0n) is 44.1. The maximum absolute atomic E-state index is 12.0. The summed E-state index contributed by atoms with van der Waals surface area (Å²) in [5, 5.41) is 170. The van der Waals surface area contributed by atoms with Gasteiger partial charge in [0.2, 0.25) is 0 Å². The summed E-state index contributed by atoms with van der Waals surface area (Å²) in [5.74, 6) is 0. The minimum Gasteiger partial charge on any atom is -0.388 e. The van der Waals surface area contributed by atoms with E-state index in [1.807, 2.05) is 16.7 Å². The highest BCUT2D eigenvalue weighted by Gasteiger charge is 2.46. The SMILES string of the molecule is CCCN(CCN(CCNCCNCCNC[C@H]1O[C@H](O)[C@H](O)[C@@H](O)[C@H]1O)C[C@H]1O[C@H](O)[C@H](O)[C@@H](O)[C@H]1O)C[C@H]1O[C@H](O)[C@H](O)[C@@H](O)[C@H]1O.Cc1ccc(S(=O)(=O)OC[C@H]2O[C@H](O)[C@H](O)[C@@H](O)[C@H]2O)cc1.NCCNCCN. The Morgan fingerprint density at radius 3 is 1.26 bits per heavy atom. The Labute approximate surface area is 454 Å². The first kappa shape index (κ1) is 70.3. The van der Waals surface area contributed by atoms with Crippen molar-refractivity contribution in [3.8, 4) is 0 Å². The van der Waals surface area contributed by atoms with Gasteiger partial charge in [-0.25, -0.2) is 0 Å². The molecule has 1 aromatic carbocycles. The summed E-state index contributed by atoms with van der Waals surface area (Å²) >= 11 is 0. The van der Waals surface area contributed by atoms with Gasteiger partial charge in [0.15, 0.2) is 25.2 Å². The Bertz CT molecular complexity index is 1870. The number of aliphatic hydroxyl groups is 16. The number of nitrogens with zero attached hydrogens (tertiary/aromatic N) is 2. The first-order valence-corrected chi connectivity index (χ1v) is 27.5. The average Bonchev–Trinajstić information content (AvgIpc) is 3.41. The van der Waals surface area contributed by atoms with Crippen LogP contribution >= 0.6 is 0 Å². The van der Waals surface area contributed by atoms with Crippen molar-refractivity contribution in [2.75, 3.05) is 111 Å². The second-order valence-corrected chi connectivity index (χ2v) is 20.9. The van der Waals surface area contributed by atoms with Crippen molar-refractivity contribution >= 4 is 10.1 Å². The van der Waals surface area contributed by atoms with E-state index in [2.05, 4.69) is 21.3 Å². The number of benzene rings is 1. The molecule has 0 spiro atoms. The Balaban J connectivity index is 0.000000451. The van der Waals surface area contributed by atoms with Gasteiger partial charge in [-0.3, -0.25) is 14.0 Å². The number of ether oxygens (including phenoxy) is 4. The predicted octanol–water partition coefficient (Wildman–Crippen LogP) is -11.8. The maximum Gasteiger partial charge on any atom is 0.297 e. The van der Waals surface area contributed by atoms with Gasteiger partial charge in [-0.2, -0.15) is 8.42 Å². The Morgan fingerprint density at radius 1 is 0.462 bits per heavy atom. The molecule has 0 bridgehead atoms. The lowest BCUT2D eigenvalue weighted by Gasteiger charge is -2.41. The average molecular weight is 1160 g/mol. The van der Waals surface area contributed by atoms with Gasteiger partial charge < -0.3 is 133 Å². The number of hydrogen-bond donors (Lipinski definition) is 22. The molecule has 4 heterocycles. The second kappa shape index (κ2) is 35.9. The van der Waals surface area contributed by atoms with Gasteiger partial charge in [0, 0.05) is 98.2 Å². The van der Waals surface area contributed by atoms with Crippen LogP contribution in [-0.4, -0.2) is 334 Å². The van der Waals surface area contributed by atoms with Gasteiger partial charge in [0.1, 0.15) is 97.7 Å². The van der Waals surface area contributed by atoms with Crippen LogP contribution in [-0.2, 0) is 33.2 Å². The van der Waals surface area contributed by atoms with Crippen molar-refractivity contribution in [2.45, 2.75) is 148 Å². The second-order valence-electron chi connectivity index (χ2n) is 19.3. The Kier molecular flexibility index (Phi) is 32.3. The number of aliphatic hydroxyl groups excluding tert-OH is 16. The molecule has 20 atom stereocenters. The summed E-state index contributed by atoms with van der Waals surface area (Å²) in [7, 11) is -4.07. The standard InChI is InChI=1S/C29H59N5O15.C13H18O8S.C4H13N3/c1-2-8-33(13-16-19(36)22(39)25(42)28(45)48-16)10-11-34(14-17-20(37)23(40)26(43)29(46)49-17)9-7-31-4-3-30-5-6-32-12-15-18(35)21(38)24(41)27(44)47-15;1-7-2-4-8(5-3-7)22(18,19)20-6-9-10(14)11(15)12(16)13(17)21-9;5-1-3-7-4-2-6/h15-32,35-46H,2-14H2,1H3;2-5,9-17H,6H2,1H3;7H,1-6H2/t15-,16-,17-,18+,19+,20+,21+,22+,23+,24-,25-,26-,27+,28+,29+;9-,10+,11+,12-,13+;/m11./s1. The van der Waals surface area contributed by atoms with Crippen LogP contribution in [0.3, 0.4) is 0 Å². The molecule has 5 rings (SSSR count). The van der Waals surface area contributed by atoms with Gasteiger partial charge in [-0.1, -0.05) is 24.6 Å². The van der Waals surface area contributed by atoms with Gasteiger partial charge >= 0.3 is 0 Å². The van der Waals surface area contributed by atoms with Crippen LogP contribution in [0.1, 0.15) is 18.9 Å². The molecule has 4 fully saturated rings. The van der Waals surface area contributed by atoms with Gasteiger partial charge in [0.25, 0.3) is 10.1 Å². The van der Waals surface area contributed by atoms with Crippen LogP contribution < -0.4 is 32.7 Å². The van der Waals surface area contributed by atoms with E-state index in [0.29, 0.717) is 72.0 Å². The van der Waals surface area contributed by atoms with Crippen LogP contribution in [0.25, 0.3) is 0 Å². The lowest BCUT2D eigenvalue weighted by atomic mass is 9.98. The van der Waals surface area contributed by atoms with E-state index < -0.39 is 140 Å². The molecular weight excluding hydrogens is 1060 g/mol. The molecule has 0 aromatic heterocycles.